The number of ether oxygens (including phenoxy) is 2. The Hall–Kier alpha value is -2.19. The third kappa shape index (κ3) is 26.5. The molecule has 0 aromatic rings. The number of unbranched alkanes of at least 4 members (excludes halogenated alkanes) is 14. The van der Waals surface area contributed by atoms with Gasteiger partial charge in [-0.15, -0.1) is 0 Å². The van der Waals surface area contributed by atoms with Crippen molar-refractivity contribution in [2.75, 3.05) is 13.2 Å². The smallest absolute Gasteiger partial charge is 0.462 e. The van der Waals surface area contributed by atoms with Gasteiger partial charge < -0.3 is 39.9 Å². The van der Waals surface area contributed by atoms with Crippen molar-refractivity contribution in [3.63, 3.8) is 0 Å². The van der Waals surface area contributed by atoms with E-state index in [2.05, 4.69) is 56.4 Å². The topological polar surface area (TPSA) is 210 Å². The van der Waals surface area contributed by atoms with Gasteiger partial charge in [-0.1, -0.05) is 140 Å². The van der Waals surface area contributed by atoms with Gasteiger partial charge in [-0.25, -0.2) is 4.57 Å². The van der Waals surface area contributed by atoms with Gasteiger partial charge in [0, 0.05) is 12.8 Å². The Balaban J connectivity index is 2.53. The molecule has 0 aromatic heterocycles. The van der Waals surface area contributed by atoms with Crippen molar-refractivity contribution in [3.05, 3.63) is 48.6 Å². The van der Waals surface area contributed by atoms with Crippen LogP contribution in [0.15, 0.2) is 48.6 Å². The van der Waals surface area contributed by atoms with E-state index in [1.165, 1.54) is 57.8 Å². The van der Waals surface area contributed by atoms with Gasteiger partial charge in [0.1, 0.15) is 43.2 Å². The number of allylic oxidation sites excluding steroid dienone is 8. The van der Waals surface area contributed by atoms with Gasteiger partial charge in [0.25, 0.3) is 0 Å². The van der Waals surface area contributed by atoms with Crippen molar-refractivity contribution in [2.24, 2.45) is 0 Å². The van der Waals surface area contributed by atoms with E-state index in [0.29, 0.717) is 12.8 Å². The number of aliphatic hydroxyl groups is 5. The Morgan fingerprint density at radius 3 is 1.53 bits per heavy atom. The molecule has 0 aromatic carbocycles. The zero-order chi connectivity index (χ0) is 42.2. The zero-order valence-electron chi connectivity index (χ0n) is 34.6. The van der Waals surface area contributed by atoms with Crippen LogP contribution in [0.5, 0.6) is 0 Å². The average Bonchev–Trinajstić information content (AvgIpc) is 3.19. The second kappa shape index (κ2) is 33.6. The molecule has 1 rings (SSSR count). The van der Waals surface area contributed by atoms with Gasteiger partial charge in [-0.05, 0) is 51.4 Å². The molecule has 57 heavy (non-hydrogen) atoms. The van der Waals surface area contributed by atoms with Crippen molar-refractivity contribution < 1.29 is 63.1 Å². The van der Waals surface area contributed by atoms with Crippen molar-refractivity contribution in [3.8, 4) is 0 Å². The first-order valence-corrected chi connectivity index (χ1v) is 22.9. The molecule has 6 N–H and O–H groups in total. The largest absolute Gasteiger partial charge is 0.472 e. The maximum atomic E-state index is 12.8. The molecule has 1 saturated carbocycles. The van der Waals surface area contributed by atoms with Crippen LogP contribution in [0.25, 0.3) is 0 Å². The fourth-order valence-electron chi connectivity index (χ4n) is 6.22. The molecule has 14 heteroatoms. The molecule has 0 radical (unpaired) electrons. The highest BCUT2D eigenvalue weighted by atomic mass is 31.2. The number of hydrogen-bond acceptors (Lipinski definition) is 12. The molecule has 0 bridgehead atoms. The van der Waals surface area contributed by atoms with Gasteiger partial charge in [0.2, 0.25) is 0 Å². The van der Waals surface area contributed by atoms with E-state index in [9.17, 15) is 44.6 Å². The fraction of sp³-hybridized carbons (Fsp3) is 0.767. The van der Waals surface area contributed by atoms with Crippen LogP contribution in [-0.4, -0.2) is 98.3 Å². The third-order valence-corrected chi connectivity index (χ3v) is 10.7. The van der Waals surface area contributed by atoms with Crippen molar-refractivity contribution in [1.29, 1.82) is 0 Å². The SMILES string of the molecule is CC/C=C\C/C=C\C/C=C\C/C=C\CCCCC(=O)OC(COC(=O)CCCCCCCCCCCCCCC)COP(=O)(O)OC1C(O)C(O)C(O)C(O)C1O. The van der Waals surface area contributed by atoms with E-state index in [4.69, 9.17) is 18.5 Å². The molecule has 0 spiro atoms. The standard InChI is InChI=1S/C43H75O13P/c1-3-5-7-9-11-13-15-17-18-20-22-24-26-28-30-32-37(45)55-35(34-54-57(51,52)56-43-41(49)39(47)38(46)40(48)42(43)50)33-53-36(44)31-29-27-25-23-21-19-16-14-12-10-8-6-4-2/h5,7,11,13,17-18,22,24,35,38-43,46-50H,3-4,6,8-10,12,14-16,19-21,23,25-34H2,1-2H3,(H,51,52)/b7-5-,13-11-,18-17-,24-22-. The van der Waals surface area contributed by atoms with E-state index in [0.717, 1.165) is 57.8 Å². The molecule has 13 nitrogen and oxygen atoms in total. The van der Waals surface area contributed by atoms with E-state index in [-0.39, 0.29) is 12.8 Å². The summed E-state index contributed by atoms with van der Waals surface area (Å²) in [4.78, 5) is 35.6. The molecule has 1 fully saturated rings. The molecule has 1 aliphatic rings. The van der Waals surface area contributed by atoms with Gasteiger partial charge >= 0.3 is 19.8 Å². The summed E-state index contributed by atoms with van der Waals surface area (Å²) >= 11 is 0. The number of hydrogen-bond donors (Lipinski definition) is 6. The fourth-order valence-corrected chi connectivity index (χ4v) is 7.19. The maximum absolute atomic E-state index is 12.8. The second-order valence-corrected chi connectivity index (χ2v) is 16.2. The quantitative estimate of drug-likeness (QED) is 0.0160. The molecule has 0 amide bonds. The molecule has 6 unspecified atom stereocenters. The van der Waals surface area contributed by atoms with Gasteiger partial charge in [0.05, 0.1) is 6.61 Å². The van der Waals surface area contributed by atoms with Crippen LogP contribution in [-0.2, 0) is 32.7 Å². The molecule has 6 atom stereocenters. The molecule has 1 aliphatic carbocycles. The molecule has 0 saturated heterocycles. The van der Waals surface area contributed by atoms with Gasteiger partial charge in [-0.3, -0.25) is 18.6 Å². The van der Waals surface area contributed by atoms with Gasteiger partial charge in [-0.2, -0.15) is 0 Å². The van der Waals surface area contributed by atoms with E-state index >= 15 is 0 Å². The highest BCUT2D eigenvalue weighted by molar-refractivity contribution is 7.47. The summed E-state index contributed by atoms with van der Waals surface area (Å²) in [5.41, 5.74) is 0. The number of phosphoric ester groups is 1. The van der Waals surface area contributed by atoms with Crippen molar-refractivity contribution >= 4 is 19.8 Å². The Bertz CT molecular complexity index is 1190. The van der Waals surface area contributed by atoms with Crippen LogP contribution < -0.4 is 0 Å². The summed E-state index contributed by atoms with van der Waals surface area (Å²) in [5.74, 6) is -1.15. The van der Waals surface area contributed by atoms with Crippen molar-refractivity contribution in [1.82, 2.24) is 0 Å². The third-order valence-electron chi connectivity index (χ3n) is 9.68. The monoisotopic (exact) mass is 830 g/mol. The first-order chi connectivity index (χ1) is 27.4. The predicted molar refractivity (Wildman–Crippen MR) is 221 cm³/mol. The Morgan fingerprint density at radius 2 is 1.00 bits per heavy atom. The lowest BCUT2D eigenvalue weighted by molar-refractivity contribution is -0.220. The van der Waals surface area contributed by atoms with Crippen LogP contribution in [0, 0.1) is 0 Å². The minimum absolute atomic E-state index is 0.0444. The average molecular weight is 831 g/mol. The highest BCUT2D eigenvalue weighted by Gasteiger charge is 2.51. The lowest BCUT2D eigenvalue weighted by Gasteiger charge is -2.41. The van der Waals surface area contributed by atoms with Gasteiger partial charge in [0.15, 0.2) is 6.10 Å². The Labute approximate surface area is 341 Å². The molecular formula is C43H75O13P. The number of carbonyl (C=O) groups is 2. The van der Waals surface area contributed by atoms with E-state index in [1.807, 2.05) is 6.08 Å². The summed E-state index contributed by atoms with van der Waals surface area (Å²) in [6.07, 6.45) is 24.6. The number of aliphatic hydroxyl groups excluding tert-OH is 5. The van der Waals surface area contributed by atoms with Crippen molar-refractivity contribution in [2.45, 2.75) is 198 Å². The minimum atomic E-state index is -5.12. The Morgan fingerprint density at radius 1 is 0.561 bits per heavy atom. The van der Waals surface area contributed by atoms with Crippen LogP contribution in [0.3, 0.4) is 0 Å². The number of esters is 2. The molecular weight excluding hydrogens is 755 g/mol. The lowest BCUT2D eigenvalue weighted by Crippen LogP contribution is -2.64. The summed E-state index contributed by atoms with van der Waals surface area (Å²) in [7, 11) is -5.12. The normalized spacial score (nSPS) is 23.2. The van der Waals surface area contributed by atoms with Crippen LogP contribution in [0.1, 0.15) is 155 Å². The lowest BCUT2D eigenvalue weighted by atomic mass is 9.85. The summed E-state index contributed by atoms with van der Waals surface area (Å²) in [6, 6.07) is 0. The molecule has 330 valence electrons. The minimum Gasteiger partial charge on any atom is -0.462 e. The highest BCUT2D eigenvalue weighted by Crippen LogP contribution is 2.47. The summed E-state index contributed by atoms with van der Waals surface area (Å²) in [6.45, 7) is 3.13. The summed E-state index contributed by atoms with van der Waals surface area (Å²) < 4.78 is 33.4. The summed E-state index contributed by atoms with van der Waals surface area (Å²) in [5, 5.41) is 50.0. The number of carbonyl (C=O) groups excluding carboxylic acids is 2. The van der Waals surface area contributed by atoms with Crippen LogP contribution in [0.2, 0.25) is 0 Å². The van der Waals surface area contributed by atoms with E-state index in [1.54, 1.807) is 0 Å². The van der Waals surface area contributed by atoms with E-state index < -0.39 is 75.7 Å². The van der Waals surface area contributed by atoms with Crippen LogP contribution in [0.4, 0.5) is 0 Å². The molecule has 0 heterocycles. The predicted octanol–water partition coefficient (Wildman–Crippen LogP) is 7.61. The number of phosphoric acid groups is 1. The first-order valence-electron chi connectivity index (χ1n) is 21.4. The first kappa shape index (κ1) is 52.8. The van der Waals surface area contributed by atoms with Crippen LogP contribution >= 0.6 is 7.82 Å². The second-order valence-electron chi connectivity index (χ2n) is 14.8. The zero-order valence-corrected chi connectivity index (χ0v) is 35.5. The number of rotatable bonds is 34. The maximum Gasteiger partial charge on any atom is 0.472 e. The Kier molecular flexibility index (Phi) is 31.2. The molecule has 0 aliphatic heterocycles.